The molecule has 0 N–H and O–H groups in total. The summed E-state index contributed by atoms with van der Waals surface area (Å²) in [5.74, 6) is 0.909. The summed E-state index contributed by atoms with van der Waals surface area (Å²) in [6.45, 7) is 2.41. The van der Waals surface area contributed by atoms with E-state index in [2.05, 4.69) is 4.98 Å². The van der Waals surface area contributed by atoms with Crippen LogP contribution in [-0.2, 0) is 11.3 Å². The Balaban J connectivity index is 1.49. The fourth-order valence-corrected chi connectivity index (χ4v) is 5.39. The largest absolute Gasteiger partial charge is 0.284 e. The monoisotopic (exact) mass is 501 g/mol. The smallest absolute Gasteiger partial charge is 0.229 e. The molecule has 4 aromatic rings. The van der Waals surface area contributed by atoms with Crippen LogP contribution in [0.4, 0.5) is 5.13 Å². The van der Waals surface area contributed by atoms with Crippen molar-refractivity contribution in [1.29, 1.82) is 0 Å². The molecule has 0 aliphatic heterocycles. The highest BCUT2D eigenvalue weighted by atomic mass is 35.5. The van der Waals surface area contributed by atoms with E-state index in [-0.39, 0.29) is 5.91 Å². The molecule has 4 rings (SSSR count). The van der Waals surface area contributed by atoms with E-state index in [9.17, 15) is 4.79 Å². The van der Waals surface area contributed by atoms with Crippen LogP contribution in [0.25, 0.3) is 10.2 Å². The SMILES string of the molecule is Cc1c(Cl)ccc2sc(N(Cc3ccncc3)C(=O)CCCSc3ccc(Cl)cc3)nc12. The fraction of sp³-hybridized carbons (Fsp3) is 0.208. The summed E-state index contributed by atoms with van der Waals surface area (Å²) in [6, 6.07) is 15.4. The molecule has 0 unspecified atom stereocenters. The van der Waals surface area contributed by atoms with Gasteiger partial charge in [-0.3, -0.25) is 14.7 Å². The molecule has 0 atom stereocenters. The Morgan fingerprint density at radius 2 is 1.81 bits per heavy atom. The molecule has 2 heterocycles. The first-order valence-corrected chi connectivity index (χ1v) is 12.7. The van der Waals surface area contributed by atoms with Gasteiger partial charge >= 0.3 is 0 Å². The highest BCUT2D eigenvalue weighted by Gasteiger charge is 2.21. The number of aromatic nitrogens is 2. The van der Waals surface area contributed by atoms with Gasteiger partial charge in [-0.05, 0) is 78.8 Å². The number of amides is 1. The second-order valence-electron chi connectivity index (χ2n) is 7.26. The van der Waals surface area contributed by atoms with E-state index < -0.39 is 0 Å². The first-order chi connectivity index (χ1) is 15.5. The van der Waals surface area contributed by atoms with Crippen LogP contribution in [-0.4, -0.2) is 21.6 Å². The molecule has 0 saturated heterocycles. The zero-order chi connectivity index (χ0) is 22.5. The molecule has 0 saturated carbocycles. The summed E-state index contributed by atoms with van der Waals surface area (Å²) in [5, 5.41) is 2.10. The van der Waals surface area contributed by atoms with E-state index >= 15 is 0 Å². The molecular formula is C24H21Cl2N3OS2. The number of benzene rings is 2. The van der Waals surface area contributed by atoms with E-state index in [0.29, 0.717) is 23.1 Å². The molecule has 0 fully saturated rings. The lowest BCUT2D eigenvalue weighted by Crippen LogP contribution is -2.30. The molecule has 0 aliphatic rings. The summed E-state index contributed by atoms with van der Waals surface area (Å²) < 4.78 is 1.02. The van der Waals surface area contributed by atoms with Gasteiger partial charge in [0.15, 0.2) is 5.13 Å². The maximum Gasteiger partial charge on any atom is 0.229 e. The van der Waals surface area contributed by atoms with Crippen molar-refractivity contribution in [3.8, 4) is 0 Å². The number of fused-ring (bicyclic) bond motifs is 1. The topological polar surface area (TPSA) is 46.1 Å². The Kier molecular flexibility index (Phi) is 7.68. The highest BCUT2D eigenvalue weighted by Crippen LogP contribution is 2.34. The third-order valence-electron chi connectivity index (χ3n) is 4.98. The molecule has 1 amide bonds. The fourth-order valence-electron chi connectivity index (χ4n) is 3.22. The van der Waals surface area contributed by atoms with Crippen molar-refractivity contribution in [2.75, 3.05) is 10.7 Å². The van der Waals surface area contributed by atoms with E-state index in [1.54, 1.807) is 29.1 Å². The first kappa shape index (κ1) is 23.1. The van der Waals surface area contributed by atoms with Gasteiger partial charge in [-0.15, -0.1) is 11.8 Å². The number of nitrogens with zero attached hydrogens (tertiary/aromatic N) is 3. The van der Waals surface area contributed by atoms with Crippen molar-refractivity contribution < 1.29 is 4.79 Å². The van der Waals surface area contributed by atoms with Crippen molar-refractivity contribution in [1.82, 2.24) is 9.97 Å². The van der Waals surface area contributed by atoms with Crippen LogP contribution in [0.5, 0.6) is 0 Å². The van der Waals surface area contributed by atoms with Crippen LogP contribution >= 0.6 is 46.3 Å². The molecule has 0 radical (unpaired) electrons. The summed E-state index contributed by atoms with van der Waals surface area (Å²) in [7, 11) is 0. The molecular weight excluding hydrogens is 481 g/mol. The van der Waals surface area contributed by atoms with Gasteiger partial charge in [-0.1, -0.05) is 34.5 Å². The Morgan fingerprint density at radius 1 is 1.06 bits per heavy atom. The van der Waals surface area contributed by atoms with Crippen LogP contribution < -0.4 is 4.90 Å². The Bertz CT molecular complexity index is 1210. The van der Waals surface area contributed by atoms with Gasteiger partial charge < -0.3 is 0 Å². The van der Waals surface area contributed by atoms with Gasteiger partial charge in [0.05, 0.1) is 16.8 Å². The van der Waals surface area contributed by atoms with Crippen molar-refractivity contribution in [2.45, 2.75) is 31.2 Å². The molecule has 4 nitrogen and oxygen atoms in total. The molecule has 0 bridgehead atoms. The van der Waals surface area contributed by atoms with E-state index in [1.165, 1.54) is 11.3 Å². The van der Waals surface area contributed by atoms with Crippen molar-refractivity contribution >= 4 is 67.6 Å². The lowest BCUT2D eigenvalue weighted by atomic mass is 10.2. The molecule has 0 spiro atoms. The van der Waals surface area contributed by atoms with Crippen LogP contribution in [0.15, 0.2) is 65.8 Å². The van der Waals surface area contributed by atoms with Crippen LogP contribution in [0.1, 0.15) is 24.0 Å². The number of anilines is 1. The van der Waals surface area contributed by atoms with Crippen molar-refractivity contribution in [3.63, 3.8) is 0 Å². The van der Waals surface area contributed by atoms with E-state index in [4.69, 9.17) is 28.2 Å². The average molecular weight is 502 g/mol. The molecule has 2 aromatic carbocycles. The summed E-state index contributed by atoms with van der Waals surface area (Å²) in [6.07, 6.45) is 4.70. The zero-order valence-corrected chi connectivity index (χ0v) is 20.6. The number of halogens is 2. The lowest BCUT2D eigenvalue weighted by molar-refractivity contribution is -0.118. The second-order valence-corrected chi connectivity index (χ2v) is 10.3. The third-order valence-corrected chi connectivity index (χ3v) is 7.78. The van der Waals surface area contributed by atoms with Gasteiger partial charge in [0, 0.05) is 33.8 Å². The summed E-state index contributed by atoms with van der Waals surface area (Å²) in [4.78, 5) is 25.0. The highest BCUT2D eigenvalue weighted by molar-refractivity contribution is 7.99. The van der Waals surface area contributed by atoms with Gasteiger partial charge in [-0.2, -0.15) is 0 Å². The number of hydrogen-bond donors (Lipinski definition) is 0. The standard InChI is InChI=1S/C24H21Cl2N3OS2/c1-16-20(26)8-9-21-23(16)28-24(32-21)29(15-17-10-12-27-13-11-17)22(30)3-2-14-31-19-6-4-18(25)5-7-19/h4-13H,2-3,14-15H2,1H3. The van der Waals surface area contributed by atoms with Gasteiger partial charge in [0.2, 0.25) is 5.91 Å². The van der Waals surface area contributed by atoms with Gasteiger partial charge in [-0.25, -0.2) is 4.98 Å². The number of thiazole rings is 1. The summed E-state index contributed by atoms with van der Waals surface area (Å²) in [5.41, 5.74) is 2.79. The molecule has 0 aliphatic carbocycles. The number of pyridine rings is 1. The average Bonchev–Trinajstić information content (AvgIpc) is 3.24. The van der Waals surface area contributed by atoms with Crippen LogP contribution in [0, 0.1) is 6.92 Å². The minimum absolute atomic E-state index is 0.0568. The maximum atomic E-state index is 13.3. The van der Waals surface area contributed by atoms with Crippen molar-refractivity contribution in [3.05, 3.63) is 82.1 Å². The zero-order valence-electron chi connectivity index (χ0n) is 17.4. The Hall–Kier alpha value is -2.12. The predicted octanol–water partition coefficient (Wildman–Crippen LogP) is 7.41. The maximum absolute atomic E-state index is 13.3. The van der Waals surface area contributed by atoms with E-state index in [0.717, 1.165) is 43.4 Å². The minimum atomic E-state index is 0.0568. The lowest BCUT2D eigenvalue weighted by Gasteiger charge is -2.20. The molecule has 8 heteroatoms. The number of aryl methyl sites for hydroxylation is 1. The minimum Gasteiger partial charge on any atom is -0.284 e. The van der Waals surface area contributed by atoms with Gasteiger partial charge in [0.1, 0.15) is 0 Å². The Morgan fingerprint density at radius 3 is 2.56 bits per heavy atom. The molecule has 32 heavy (non-hydrogen) atoms. The third kappa shape index (κ3) is 5.62. The van der Waals surface area contributed by atoms with Gasteiger partial charge in [0.25, 0.3) is 0 Å². The number of thioether (sulfide) groups is 1. The quantitative estimate of drug-likeness (QED) is 0.186. The molecule has 164 valence electrons. The number of carbonyl (C=O) groups excluding carboxylic acids is 1. The van der Waals surface area contributed by atoms with Crippen LogP contribution in [0.2, 0.25) is 10.0 Å². The molecule has 2 aromatic heterocycles. The first-order valence-electron chi connectivity index (χ1n) is 10.1. The number of rotatable bonds is 8. The summed E-state index contributed by atoms with van der Waals surface area (Å²) >= 11 is 15.5. The van der Waals surface area contributed by atoms with Crippen molar-refractivity contribution in [2.24, 2.45) is 0 Å². The normalized spacial score (nSPS) is 11.1. The number of carbonyl (C=O) groups is 1. The van der Waals surface area contributed by atoms with E-state index in [1.807, 2.05) is 55.5 Å². The van der Waals surface area contributed by atoms with Crippen LogP contribution in [0.3, 0.4) is 0 Å². The second kappa shape index (κ2) is 10.7. The Labute approximate surface area is 205 Å². The predicted molar refractivity (Wildman–Crippen MR) is 136 cm³/mol. The number of hydrogen-bond acceptors (Lipinski definition) is 5.